The van der Waals surface area contributed by atoms with E-state index in [0.29, 0.717) is 22.6 Å². The van der Waals surface area contributed by atoms with Crippen LogP contribution in [-0.4, -0.2) is 15.5 Å². The molecule has 3 aromatic rings. The van der Waals surface area contributed by atoms with E-state index >= 15 is 0 Å². The Morgan fingerprint density at radius 3 is 2.45 bits per heavy atom. The van der Waals surface area contributed by atoms with Crippen molar-refractivity contribution in [3.05, 3.63) is 81.5 Å². The van der Waals surface area contributed by atoms with Crippen molar-refractivity contribution in [2.24, 2.45) is 0 Å². The smallest absolute Gasteiger partial charge is 0.255 e. The first-order valence-electron chi connectivity index (χ1n) is 10.4. The van der Waals surface area contributed by atoms with E-state index < -0.39 is 0 Å². The van der Waals surface area contributed by atoms with Crippen LogP contribution in [0.1, 0.15) is 36.6 Å². The third kappa shape index (κ3) is 6.01. The number of hydrogen-bond acceptors (Lipinski definition) is 4. The Hall–Kier alpha value is -3.48. The van der Waals surface area contributed by atoms with Gasteiger partial charge in [0.1, 0.15) is 12.4 Å². The molecule has 0 aliphatic heterocycles. The van der Waals surface area contributed by atoms with Gasteiger partial charge in [-0.1, -0.05) is 25.5 Å². The average Bonchev–Trinajstić information content (AvgIpc) is 2.73. The second-order valence-electron chi connectivity index (χ2n) is 7.58. The number of carbonyl (C=O) groups excluding carboxylic acids is 1. The van der Waals surface area contributed by atoms with Crippen LogP contribution in [0.4, 0.5) is 21.7 Å². The number of hydrogen-bond donors (Lipinski definition) is 2. The monoisotopic (exact) mass is 422 g/mol. The molecule has 1 aromatic heterocycles. The molecule has 2 aromatic carbocycles. The van der Waals surface area contributed by atoms with Crippen LogP contribution >= 0.6 is 0 Å². The van der Waals surface area contributed by atoms with Crippen molar-refractivity contribution in [1.29, 1.82) is 0 Å². The van der Waals surface area contributed by atoms with Crippen molar-refractivity contribution in [3.63, 3.8) is 0 Å². The predicted octanol–water partition coefficient (Wildman–Crippen LogP) is 4.72. The highest BCUT2D eigenvalue weighted by Crippen LogP contribution is 2.18. The van der Waals surface area contributed by atoms with E-state index in [1.807, 2.05) is 24.3 Å². The van der Waals surface area contributed by atoms with Crippen molar-refractivity contribution in [2.75, 3.05) is 10.6 Å². The molecule has 0 atom stereocenters. The molecule has 162 valence electrons. The maximum atomic E-state index is 13.6. The lowest BCUT2D eigenvalue weighted by atomic mass is 10.1. The minimum absolute atomic E-state index is 0.202. The van der Waals surface area contributed by atoms with E-state index in [1.54, 1.807) is 26.0 Å². The van der Waals surface area contributed by atoms with Crippen molar-refractivity contribution >= 4 is 23.2 Å². The molecular weight excluding hydrogens is 395 g/mol. The molecule has 1 amide bonds. The molecule has 0 saturated heterocycles. The number of halogens is 1. The summed E-state index contributed by atoms with van der Waals surface area (Å²) in [5, 5.41) is 5.84. The Labute approximate surface area is 181 Å². The van der Waals surface area contributed by atoms with Gasteiger partial charge in [-0.15, -0.1) is 0 Å². The van der Waals surface area contributed by atoms with Gasteiger partial charge in [-0.3, -0.25) is 14.2 Å². The number of benzene rings is 2. The molecule has 0 aliphatic rings. The highest BCUT2D eigenvalue weighted by Gasteiger charge is 2.13. The van der Waals surface area contributed by atoms with Crippen LogP contribution in [0.5, 0.6) is 0 Å². The first-order valence-corrected chi connectivity index (χ1v) is 10.4. The van der Waals surface area contributed by atoms with Crippen LogP contribution in [0.15, 0.2) is 53.3 Å². The summed E-state index contributed by atoms with van der Waals surface area (Å²) in [5.41, 5.74) is 3.10. The lowest BCUT2D eigenvalue weighted by molar-refractivity contribution is -0.116. The Balaban J connectivity index is 1.76. The van der Waals surface area contributed by atoms with Crippen molar-refractivity contribution in [1.82, 2.24) is 9.55 Å². The van der Waals surface area contributed by atoms with Gasteiger partial charge < -0.3 is 10.6 Å². The summed E-state index contributed by atoms with van der Waals surface area (Å²) in [4.78, 5) is 29.5. The lowest BCUT2D eigenvalue weighted by Crippen LogP contribution is -2.30. The molecule has 0 spiro atoms. The Morgan fingerprint density at radius 2 is 1.77 bits per heavy atom. The second-order valence-corrected chi connectivity index (χ2v) is 7.58. The van der Waals surface area contributed by atoms with Gasteiger partial charge in [-0.05, 0) is 68.1 Å². The summed E-state index contributed by atoms with van der Waals surface area (Å²) < 4.78 is 14.8. The Kier molecular flexibility index (Phi) is 7.18. The van der Waals surface area contributed by atoms with Crippen LogP contribution in [0.3, 0.4) is 0 Å². The summed E-state index contributed by atoms with van der Waals surface area (Å²) >= 11 is 0. The van der Waals surface area contributed by atoms with Crippen molar-refractivity contribution in [3.8, 4) is 0 Å². The lowest BCUT2D eigenvalue weighted by Gasteiger charge is -2.15. The molecule has 1 heterocycles. The highest BCUT2D eigenvalue weighted by molar-refractivity contribution is 5.90. The summed E-state index contributed by atoms with van der Waals surface area (Å²) in [6, 6.07) is 13.6. The first-order chi connectivity index (χ1) is 14.9. The van der Waals surface area contributed by atoms with E-state index in [0.717, 1.165) is 19.3 Å². The molecule has 31 heavy (non-hydrogen) atoms. The normalized spacial score (nSPS) is 10.7. The van der Waals surface area contributed by atoms with E-state index in [2.05, 4.69) is 22.5 Å². The summed E-state index contributed by atoms with van der Waals surface area (Å²) in [5.74, 6) is -0.436. The fraction of sp³-hybridized carbons (Fsp3) is 0.292. The Morgan fingerprint density at radius 1 is 1.06 bits per heavy atom. The van der Waals surface area contributed by atoms with Gasteiger partial charge in [0.05, 0.1) is 0 Å². The van der Waals surface area contributed by atoms with Gasteiger partial charge in [-0.25, -0.2) is 9.37 Å². The average molecular weight is 423 g/mol. The van der Waals surface area contributed by atoms with Crippen LogP contribution in [0, 0.1) is 19.7 Å². The van der Waals surface area contributed by atoms with E-state index in [9.17, 15) is 14.0 Å². The zero-order chi connectivity index (χ0) is 22.4. The summed E-state index contributed by atoms with van der Waals surface area (Å²) in [6.45, 7) is 5.30. The number of amides is 1. The second kappa shape index (κ2) is 10.0. The number of carbonyl (C=O) groups is 1. The molecular formula is C24H27FN4O2. The highest BCUT2D eigenvalue weighted by atomic mass is 19.1. The van der Waals surface area contributed by atoms with Crippen LogP contribution in [-0.2, 0) is 17.8 Å². The number of rotatable bonds is 8. The van der Waals surface area contributed by atoms with E-state index in [1.165, 1.54) is 22.3 Å². The number of nitrogens with one attached hydrogen (secondary N) is 2. The summed E-state index contributed by atoms with van der Waals surface area (Å²) in [6.07, 6.45) is 3.26. The van der Waals surface area contributed by atoms with E-state index in [4.69, 9.17) is 0 Å². The van der Waals surface area contributed by atoms with Gasteiger partial charge in [0.15, 0.2) is 0 Å². The minimum atomic E-state index is -0.348. The third-order valence-corrected chi connectivity index (χ3v) is 4.91. The number of unbranched alkanes of at least 4 members (excludes halogenated alkanes) is 1. The Bertz CT molecular complexity index is 1120. The molecule has 2 N–H and O–H groups in total. The van der Waals surface area contributed by atoms with Crippen LogP contribution in [0.25, 0.3) is 0 Å². The quantitative estimate of drug-likeness (QED) is 0.551. The molecule has 7 heteroatoms. The molecule has 0 fully saturated rings. The number of aromatic nitrogens is 2. The van der Waals surface area contributed by atoms with Crippen LogP contribution < -0.4 is 16.2 Å². The molecule has 3 rings (SSSR count). The maximum Gasteiger partial charge on any atom is 0.255 e. The molecule has 6 nitrogen and oxygen atoms in total. The predicted molar refractivity (Wildman–Crippen MR) is 121 cm³/mol. The van der Waals surface area contributed by atoms with Crippen molar-refractivity contribution in [2.45, 2.75) is 46.6 Å². The van der Waals surface area contributed by atoms with E-state index in [-0.39, 0.29) is 29.8 Å². The zero-order valence-corrected chi connectivity index (χ0v) is 18.0. The molecule has 0 radical (unpaired) electrons. The standard InChI is InChI=1S/C24H27FN4O2/c1-4-5-6-18-7-9-19(10-8-18)27-22(30)15-29-23(31)14-17(3)26-24(29)28-20-11-12-21(25)16(2)13-20/h7-14H,4-6,15H2,1-3H3,(H,26,28)(H,27,30). The fourth-order valence-electron chi connectivity index (χ4n) is 3.20. The molecule has 0 aliphatic carbocycles. The van der Waals surface area contributed by atoms with Gasteiger partial charge in [0, 0.05) is 23.1 Å². The first kappa shape index (κ1) is 22.2. The zero-order valence-electron chi connectivity index (χ0n) is 18.0. The largest absolute Gasteiger partial charge is 0.326 e. The van der Waals surface area contributed by atoms with Gasteiger partial charge in [-0.2, -0.15) is 0 Å². The number of anilines is 3. The van der Waals surface area contributed by atoms with Gasteiger partial charge in [0.25, 0.3) is 5.56 Å². The third-order valence-electron chi connectivity index (χ3n) is 4.91. The van der Waals surface area contributed by atoms with Crippen LogP contribution in [0.2, 0.25) is 0 Å². The molecule has 0 unspecified atom stereocenters. The number of nitrogens with zero attached hydrogens (tertiary/aromatic N) is 2. The summed E-state index contributed by atoms with van der Waals surface area (Å²) in [7, 11) is 0. The maximum absolute atomic E-state index is 13.6. The molecule has 0 bridgehead atoms. The van der Waals surface area contributed by atoms with Gasteiger partial charge >= 0.3 is 0 Å². The van der Waals surface area contributed by atoms with Gasteiger partial charge in [0.2, 0.25) is 11.9 Å². The topological polar surface area (TPSA) is 76.0 Å². The van der Waals surface area contributed by atoms with Crippen molar-refractivity contribution < 1.29 is 9.18 Å². The fourth-order valence-corrected chi connectivity index (χ4v) is 3.20. The SMILES string of the molecule is CCCCc1ccc(NC(=O)Cn2c(Nc3ccc(F)c(C)c3)nc(C)cc2=O)cc1. The molecule has 0 saturated carbocycles. The minimum Gasteiger partial charge on any atom is -0.326 e. The number of aryl methyl sites for hydroxylation is 3.